The first-order valence-corrected chi connectivity index (χ1v) is 8.19. The van der Waals surface area contributed by atoms with Gasteiger partial charge in [0.05, 0.1) is 13.2 Å². The van der Waals surface area contributed by atoms with E-state index in [4.69, 9.17) is 23.7 Å². The zero-order chi connectivity index (χ0) is 14.8. The molecular formula is C15H23N5S. The van der Waals surface area contributed by atoms with Crippen molar-refractivity contribution in [3.8, 4) is 12.3 Å². The molecule has 6 heteroatoms. The highest BCUT2D eigenvalue weighted by molar-refractivity contribution is 7.71. The van der Waals surface area contributed by atoms with E-state index < -0.39 is 0 Å². The predicted octanol–water partition coefficient (Wildman–Crippen LogP) is 1.52. The van der Waals surface area contributed by atoms with Gasteiger partial charge in [-0.2, -0.15) is 5.10 Å². The summed E-state index contributed by atoms with van der Waals surface area (Å²) in [7, 11) is 0. The van der Waals surface area contributed by atoms with Gasteiger partial charge in [0.2, 0.25) is 0 Å². The quantitative estimate of drug-likeness (QED) is 0.609. The summed E-state index contributed by atoms with van der Waals surface area (Å²) in [5, 5.41) is 4.78. The number of rotatable bonds is 5. The molecule has 21 heavy (non-hydrogen) atoms. The summed E-state index contributed by atoms with van der Waals surface area (Å²) >= 11 is 5.59. The third-order valence-corrected chi connectivity index (χ3v) is 4.76. The van der Waals surface area contributed by atoms with Crippen molar-refractivity contribution in [2.24, 2.45) is 0 Å². The van der Waals surface area contributed by atoms with Crippen LogP contribution in [0.15, 0.2) is 0 Å². The number of terminal acetylenes is 1. The standard InChI is InChI=1S/C15H23N5S/c1-3-7-17-8-10-18(11-9-17)12-20-15(21)19(4-2)14(16-20)13-5-6-13/h1,13H,4-12H2,2H3. The predicted molar refractivity (Wildman–Crippen MR) is 85.5 cm³/mol. The zero-order valence-electron chi connectivity index (χ0n) is 12.7. The lowest BCUT2D eigenvalue weighted by Gasteiger charge is -2.33. The molecule has 114 valence electrons. The van der Waals surface area contributed by atoms with Gasteiger partial charge in [-0.05, 0) is 32.0 Å². The smallest absolute Gasteiger partial charge is 0.199 e. The van der Waals surface area contributed by atoms with Gasteiger partial charge >= 0.3 is 0 Å². The van der Waals surface area contributed by atoms with Crippen molar-refractivity contribution >= 4 is 12.2 Å². The third kappa shape index (κ3) is 3.20. The summed E-state index contributed by atoms with van der Waals surface area (Å²) in [5.74, 6) is 4.55. The summed E-state index contributed by atoms with van der Waals surface area (Å²) in [6.07, 6.45) is 7.89. The molecule has 0 atom stereocenters. The van der Waals surface area contributed by atoms with Gasteiger partial charge < -0.3 is 4.57 Å². The summed E-state index contributed by atoms with van der Waals surface area (Å²) in [4.78, 5) is 4.72. The van der Waals surface area contributed by atoms with E-state index in [1.54, 1.807) is 0 Å². The van der Waals surface area contributed by atoms with E-state index in [0.717, 1.165) is 50.7 Å². The summed E-state index contributed by atoms with van der Waals surface area (Å²) in [6, 6.07) is 0. The van der Waals surface area contributed by atoms with Gasteiger partial charge in [0.15, 0.2) is 4.77 Å². The highest BCUT2D eigenvalue weighted by Gasteiger charge is 2.30. The van der Waals surface area contributed by atoms with Crippen LogP contribution in [0.2, 0.25) is 0 Å². The van der Waals surface area contributed by atoms with Crippen LogP contribution < -0.4 is 0 Å². The first-order valence-electron chi connectivity index (χ1n) is 7.78. The fourth-order valence-electron chi connectivity index (χ4n) is 2.90. The molecule has 0 spiro atoms. The lowest BCUT2D eigenvalue weighted by molar-refractivity contribution is 0.111. The Kier molecular flexibility index (Phi) is 4.43. The fraction of sp³-hybridized carbons (Fsp3) is 0.733. The molecule has 1 aliphatic heterocycles. The molecule has 5 nitrogen and oxygen atoms in total. The molecule has 2 heterocycles. The van der Waals surface area contributed by atoms with Crippen molar-refractivity contribution in [2.75, 3.05) is 32.7 Å². The first kappa shape index (κ1) is 14.8. The fourth-order valence-corrected chi connectivity index (χ4v) is 3.22. The van der Waals surface area contributed by atoms with Crippen LogP contribution in [0.4, 0.5) is 0 Å². The molecule has 0 aromatic carbocycles. The Morgan fingerprint density at radius 1 is 1.24 bits per heavy atom. The second-order valence-electron chi connectivity index (χ2n) is 5.90. The van der Waals surface area contributed by atoms with Crippen molar-refractivity contribution in [3.05, 3.63) is 10.6 Å². The van der Waals surface area contributed by atoms with E-state index in [0.29, 0.717) is 5.92 Å². The van der Waals surface area contributed by atoms with Crippen LogP contribution in [0.5, 0.6) is 0 Å². The molecule has 1 aromatic heterocycles. The van der Waals surface area contributed by atoms with E-state index >= 15 is 0 Å². The molecule has 0 radical (unpaired) electrons. The minimum Gasteiger partial charge on any atom is -0.304 e. The van der Waals surface area contributed by atoms with Gasteiger partial charge in [0.1, 0.15) is 5.82 Å². The van der Waals surface area contributed by atoms with Gasteiger partial charge in [-0.25, -0.2) is 4.68 Å². The average Bonchev–Trinajstić information content (AvgIpc) is 3.28. The van der Waals surface area contributed by atoms with Crippen molar-refractivity contribution in [3.63, 3.8) is 0 Å². The van der Waals surface area contributed by atoms with Crippen molar-refractivity contribution in [2.45, 2.75) is 38.9 Å². The van der Waals surface area contributed by atoms with Gasteiger partial charge in [0.25, 0.3) is 0 Å². The minimum atomic E-state index is 0.639. The molecule has 1 aliphatic carbocycles. The SMILES string of the molecule is C#CCN1CCN(Cn2nc(C3CC3)n(CC)c2=S)CC1. The summed E-state index contributed by atoms with van der Waals surface area (Å²) < 4.78 is 5.07. The Balaban J connectivity index is 1.66. The Morgan fingerprint density at radius 3 is 2.48 bits per heavy atom. The van der Waals surface area contributed by atoms with Gasteiger partial charge in [-0.15, -0.1) is 6.42 Å². The maximum absolute atomic E-state index is 5.59. The monoisotopic (exact) mass is 305 g/mol. The molecule has 2 fully saturated rings. The van der Waals surface area contributed by atoms with E-state index in [1.807, 2.05) is 4.68 Å². The molecule has 1 saturated carbocycles. The Labute approximate surface area is 131 Å². The summed E-state index contributed by atoms with van der Waals surface area (Å²) in [6.45, 7) is 8.73. The molecule has 0 unspecified atom stereocenters. The van der Waals surface area contributed by atoms with E-state index in [2.05, 4.69) is 27.2 Å². The number of nitrogens with zero attached hydrogens (tertiary/aromatic N) is 5. The second-order valence-corrected chi connectivity index (χ2v) is 6.26. The van der Waals surface area contributed by atoms with Crippen LogP contribution in [-0.2, 0) is 13.2 Å². The van der Waals surface area contributed by atoms with Gasteiger partial charge in [0, 0.05) is 38.6 Å². The highest BCUT2D eigenvalue weighted by Crippen LogP contribution is 2.39. The van der Waals surface area contributed by atoms with Crippen LogP contribution >= 0.6 is 12.2 Å². The molecule has 0 amide bonds. The molecule has 1 saturated heterocycles. The number of aromatic nitrogens is 3. The number of hydrogen-bond acceptors (Lipinski definition) is 4. The summed E-state index contributed by atoms with van der Waals surface area (Å²) in [5.41, 5.74) is 0. The molecule has 1 aromatic rings. The van der Waals surface area contributed by atoms with Crippen LogP contribution in [0.3, 0.4) is 0 Å². The van der Waals surface area contributed by atoms with Crippen LogP contribution in [-0.4, -0.2) is 56.9 Å². The minimum absolute atomic E-state index is 0.639. The molecule has 0 N–H and O–H groups in total. The van der Waals surface area contributed by atoms with Crippen LogP contribution in [0, 0.1) is 17.1 Å². The normalized spacial score (nSPS) is 20.6. The highest BCUT2D eigenvalue weighted by atomic mass is 32.1. The molecule has 3 rings (SSSR count). The van der Waals surface area contributed by atoms with Gasteiger partial charge in [-0.1, -0.05) is 5.92 Å². The number of hydrogen-bond donors (Lipinski definition) is 0. The second kappa shape index (κ2) is 6.30. The lowest BCUT2D eigenvalue weighted by Crippen LogP contribution is -2.46. The van der Waals surface area contributed by atoms with Gasteiger partial charge in [-0.3, -0.25) is 9.80 Å². The van der Waals surface area contributed by atoms with E-state index in [9.17, 15) is 0 Å². The Morgan fingerprint density at radius 2 is 1.90 bits per heavy atom. The molecule has 0 bridgehead atoms. The van der Waals surface area contributed by atoms with Crippen molar-refractivity contribution < 1.29 is 0 Å². The van der Waals surface area contributed by atoms with Crippen LogP contribution in [0.1, 0.15) is 31.5 Å². The third-order valence-electron chi connectivity index (χ3n) is 4.32. The molecular weight excluding hydrogens is 282 g/mol. The zero-order valence-corrected chi connectivity index (χ0v) is 13.5. The lowest BCUT2D eigenvalue weighted by atomic mass is 10.3. The Hall–Kier alpha value is -1.16. The average molecular weight is 305 g/mol. The Bertz CT molecular complexity index is 584. The van der Waals surface area contributed by atoms with Crippen molar-refractivity contribution in [1.82, 2.24) is 24.1 Å². The largest absolute Gasteiger partial charge is 0.304 e. The topological polar surface area (TPSA) is 29.2 Å². The number of piperazine rings is 1. The van der Waals surface area contributed by atoms with E-state index in [-0.39, 0.29) is 0 Å². The van der Waals surface area contributed by atoms with Crippen molar-refractivity contribution in [1.29, 1.82) is 0 Å². The van der Waals surface area contributed by atoms with E-state index in [1.165, 1.54) is 18.7 Å². The first-order chi connectivity index (χ1) is 10.2. The maximum Gasteiger partial charge on any atom is 0.199 e. The maximum atomic E-state index is 5.59. The molecule has 2 aliphatic rings. The van der Waals surface area contributed by atoms with Crippen LogP contribution in [0.25, 0.3) is 0 Å².